The van der Waals surface area contributed by atoms with Crippen LogP contribution in [-0.4, -0.2) is 4.98 Å². The molecule has 0 atom stereocenters. The summed E-state index contributed by atoms with van der Waals surface area (Å²) in [6.45, 7) is 0. The minimum atomic E-state index is -0.330. The standard InChI is InChI=1S/C11H6Cl3NO/c12-7-1-2-9(13)8(4-7)6-3-10(14)11(16)15-5-6/h1-5H,(H,15,16). The fraction of sp³-hybridized carbons (Fsp3) is 0. The first-order chi connectivity index (χ1) is 7.58. The molecule has 2 nitrogen and oxygen atoms in total. The minimum absolute atomic E-state index is 0.119. The van der Waals surface area contributed by atoms with Crippen LogP contribution in [0, 0.1) is 0 Å². The van der Waals surface area contributed by atoms with Gasteiger partial charge in [-0.2, -0.15) is 0 Å². The molecule has 0 radical (unpaired) electrons. The molecule has 0 unspecified atom stereocenters. The zero-order valence-electron chi connectivity index (χ0n) is 7.93. The zero-order valence-corrected chi connectivity index (χ0v) is 10.2. The van der Waals surface area contributed by atoms with E-state index in [1.807, 2.05) is 0 Å². The molecule has 0 saturated carbocycles. The lowest BCUT2D eigenvalue weighted by molar-refractivity contribution is 1.24. The molecule has 1 aromatic carbocycles. The van der Waals surface area contributed by atoms with Crippen molar-refractivity contribution in [1.82, 2.24) is 4.98 Å². The SMILES string of the molecule is O=c1[nH]cc(-c2cc(Cl)ccc2Cl)cc1Cl. The zero-order chi connectivity index (χ0) is 11.7. The quantitative estimate of drug-likeness (QED) is 0.837. The molecule has 0 aliphatic rings. The second-order valence-corrected chi connectivity index (χ2v) is 4.44. The molecule has 1 heterocycles. The predicted octanol–water partition coefficient (Wildman–Crippen LogP) is 4.00. The Hall–Kier alpha value is -0.960. The number of hydrogen-bond acceptors (Lipinski definition) is 1. The van der Waals surface area contributed by atoms with E-state index in [-0.39, 0.29) is 10.6 Å². The number of hydrogen-bond donors (Lipinski definition) is 1. The average Bonchev–Trinajstić information content (AvgIpc) is 2.26. The number of aromatic nitrogens is 1. The maximum absolute atomic E-state index is 11.1. The van der Waals surface area contributed by atoms with Crippen LogP contribution in [0.5, 0.6) is 0 Å². The van der Waals surface area contributed by atoms with Gasteiger partial charge in [0.05, 0.1) is 0 Å². The number of rotatable bonds is 1. The highest BCUT2D eigenvalue weighted by Gasteiger charge is 2.06. The predicted molar refractivity (Wildman–Crippen MR) is 67.5 cm³/mol. The minimum Gasteiger partial charge on any atom is -0.327 e. The molecular weight excluding hydrogens is 268 g/mol. The van der Waals surface area contributed by atoms with Crippen LogP contribution in [0.1, 0.15) is 0 Å². The monoisotopic (exact) mass is 273 g/mol. The Morgan fingerprint density at radius 2 is 1.75 bits per heavy atom. The van der Waals surface area contributed by atoms with E-state index in [4.69, 9.17) is 34.8 Å². The molecule has 2 rings (SSSR count). The second kappa shape index (κ2) is 4.50. The summed E-state index contributed by atoms with van der Waals surface area (Å²) >= 11 is 17.6. The van der Waals surface area contributed by atoms with E-state index < -0.39 is 0 Å². The Morgan fingerprint density at radius 3 is 2.44 bits per heavy atom. The van der Waals surface area contributed by atoms with Gasteiger partial charge in [-0.3, -0.25) is 4.79 Å². The fourth-order valence-corrected chi connectivity index (χ4v) is 1.90. The van der Waals surface area contributed by atoms with Crippen molar-refractivity contribution in [3.05, 3.63) is 55.9 Å². The molecule has 82 valence electrons. The Morgan fingerprint density at radius 1 is 1.00 bits per heavy atom. The van der Waals surface area contributed by atoms with E-state index in [1.54, 1.807) is 30.5 Å². The van der Waals surface area contributed by atoms with Crippen molar-refractivity contribution in [1.29, 1.82) is 0 Å². The largest absolute Gasteiger partial charge is 0.327 e. The molecule has 0 saturated heterocycles. The van der Waals surface area contributed by atoms with Gasteiger partial charge >= 0.3 is 0 Å². The highest BCUT2D eigenvalue weighted by molar-refractivity contribution is 6.35. The van der Waals surface area contributed by atoms with Crippen molar-refractivity contribution in [2.75, 3.05) is 0 Å². The summed E-state index contributed by atoms with van der Waals surface area (Å²) in [5.74, 6) is 0. The van der Waals surface area contributed by atoms with E-state index in [2.05, 4.69) is 4.98 Å². The normalized spacial score (nSPS) is 10.4. The highest BCUT2D eigenvalue weighted by Crippen LogP contribution is 2.30. The lowest BCUT2D eigenvalue weighted by Crippen LogP contribution is -2.04. The third-order valence-electron chi connectivity index (χ3n) is 2.10. The number of H-pyrrole nitrogens is 1. The molecule has 0 amide bonds. The Balaban J connectivity index is 2.62. The Labute approximate surface area is 107 Å². The Bertz CT molecular complexity index is 592. The van der Waals surface area contributed by atoms with Gasteiger partial charge in [-0.1, -0.05) is 34.8 Å². The molecule has 1 N–H and O–H groups in total. The van der Waals surface area contributed by atoms with Crippen molar-refractivity contribution in [2.24, 2.45) is 0 Å². The number of nitrogens with one attached hydrogen (secondary N) is 1. The first-order valence-corrected chi connectivity index (χ1v) is 5.55. The molecule has 5 heteroatoms. The van der Waals surface area contributed by atoms with Gasteiger partial charge < -0.3 is 4.98 Å². The second-order valence-electron chi connectivity index (χ2n) is 3.19. The number of aromatic amines is 1. The summed E-state index contributed by atoms with van der Waals surface area (Å²) < 4.78 is 0. The van der Waals surface area contributed by atoms with Gasteiger partial charge in [-0.25, -0.2) is 0 Å². The molecule has 0 fully saturated rings. The fourth-order valence-electron chi connectivity index (χ4n) is 1.33. The van der Waals surface area contributed by atoms with E-state index in [9.17, 15) is 4.79 Å². The molecule has 0 bridgehead atoms. The summed E-state index contributed by atoms with van der Waals surface area (Å²) in [6.07, 6.45) is 1.55. The summed E-state index contributed by atoms with van der Waals surface area (Å²) in [5, 5.41) is 1.24. The molecule has 16 heavy (non-hydrogen) atoms. The smallest absolute Gasteiger partial charge is 0.266 e. The van der Waals surface area contributed by atoms with Crippen LogP contribution in [-0.2, 0) is 0 Å². The summed E-state index contributed by atoms with van der Waals surface area (Å²) in [7, 11) is 0. The van der Waals surface area contributed by atoms with E-state index in [1.165, 1.54) is 0 Å². The van der Waals surface area contributed by atoms with Gasteiger partial charge in [-0.15, -0.1) is 0 Å². The first kappa shape index (κ1) is 11.5. The molecular formula is C11H6Cl3NO. The maximum Gasteiger partial charge on any atom is 0.266 e. The van der Waals surface area contributed by atoms with Crippen LogP contribution in [0.15, 0.2) is 35.3 Å². The lowest BCUT2D eigenvalue weighted by Gasteiger charge is -2.05. The number of halogens is 3. The molecule has 0 aliphatic heterocycles. The van der Waals surface area contributed by atoms with Gasteiger partial charge in [0.2, 0.25) is 0 Å². The van der Waals surface area contributed by atoms with Crippen molar-refractivity contribution in [3.8, 4) is 11.1 Å². The summed E-state index contributed by atoms with van der Waals surface area (Å²) in [6, 6.07) is 6.66. The maximum atomic E-state index is 11.1. The third-order valence-corrected chi connectivity index (χ3v) is 2.94. The average molecular weight is 275 g/mol. The van der Waals surface area contributed by atoms with Crippen molar-refractivity contribution >= 4 is 34.8 Å². The third kappa shape index (κ3) is 2.24. The number of benzene rings is 1. The van der Waals surface area contributed by atoms with Crippen molar-refractivity contribution < 1.29 is 0 Å². The van der Waals surface area contributed by atoms with Gasteiger partial charge in [0, 0.05) is 27.4 Å². The summed E-state index contributed by atoms with van der Waals surface area (Å²) in [5.41, 5.74) is 1.12. The van der Waals surface area contributed by atoms with Crippen LogP contribution in [0.25, 0.3) is 11.1 Å². The highest BCUT2D eigenvalue weighted by atomic mass is 35.5. The van der Waals surface area contributed by atoms with Crippen LogP contribution in [0.2, 0.25) is 15.1 Å². The van der Waals surface area contributed by atoms with Gasteiger partial charge in [0.1, 0.15) is 5.02 Å². The Kier molecular flexibility index (Phi) is 3.24. The van der Waals surface area contributed by atoms with Gasteiger partial charge in [0.15, 0.2) is 0 Å². The number of pyridine rings is 1. The lowest BCUT2D eigenvalue weighted by atomic mass is 10.1. The van der Waals surface area contributed by atoms with Crippen LogP contribution >= 0.6 is 34.8 Å². The van der Waals surface area contributed by atoms with Crippen LogP contribution in [0.3, 0.4) is 0 Å². The molecule has 2 aromatic rings. The molecule has 0 aliphatic carbocycles. The van der Waals surface area contributed by atoms with E-state index >= 15 is 0 Å². The van der Waals surface area contributed by atoms with Crippen molar-refractivity contribution in [2.45, 2.75) is 0 Å². The molecule has 1 aromatic heterocycles. The van der Waals surface area contributed by atoms with Gasteiger partial charge in [-0.05, 0) is 24.3 Å². The first-order valence-electron chi connectivity index (χ1n) is 4.41. The van der Waals surface area contributed by atoms with E-state index in [0.717, 1.165) is 11.1 Å². The van der Waals surface area contributed by atoms with Crippen molar-refractivity contribution in [3.63, 3.8) is 0 Å². The van der Waals surface area contributed by atoms with E-state index in [0.29, 0.717) is 10.0 Å². The summed E-state index contributed by atoms with van der Waals surface area (Å²) in [4.78, 5) is 13.6. The van der Waals surface area contributed by atoms with Crippen LogP contribution in [0.4, 0.5) is 0 Å². The van der Waals surface area contributed by atoms with Crippen LogP contribution < -0.4 is 5.56 Å². The van der Waals surface area contributed by atoms with Gasteiger partial charge in [0.25, 0.3) is 5.56 Å². The topological polar surface area (TPSA) is 32.9 Å². The molecule has 0 spiro atoms.